The zero-order chi connectivity index (χ0) is 17.4. The van der Waals surface area contributed by atoms with Gasteiger partial charge in [0.05, 0.1) is 5.69 Å². The van der Waals surface area contributed by atoms with Crippen LogP contribution in [0.4, 0.5) is 14.5 Å². The zero-order valence-electron chi connectivity index (χ0n) is 13.1. The van der Waals surface area contributed by atoms with E-state index in [1.165, 1.54) is 17.0 Å². The molecule has 1 saturated heterocycles. The standard InChI is InChI=1S/C18H14F2N2OS/c1-10-5-11(2)7-14(6-10)22-17(23)16(21-18(22)24)8-12-3-4-13(19)9-15(12)20/h3-9H,1-2H3,(H,21,24)/b16-8+. The van der Waals surface area contributed by atoms with Crippen LogP contribution in [0, 0.1) is 25.5 Å². The molecule has 6 heteroatoms. The maximum Gasteiger partial charge on any atom is 0.281 e. The van der Waals surface area contributed by atoms with Crippen molar-refractivity contribution in [3.05, 3.63) is 70.4 Å². The summed E-state index contributed by atoms with van der Waals surface area (Å²) in [5.41, 5.74) is 2.91. The van der Waals surface area contributed by atoms with Crippen molar-refractivity contribution in [3.8, 4) is 0 Å². The molecule has 1 fully saturated rings. The van der Waals surface area contributed by atoms with Gasteiger partial charge in [-0.15, -0.1) is 0 Å². The van der Waals surface area contributed by atoms with Gasteiger partial charge in [-0.25, -0.2) is 8.78 Å². The minimum absolute atomic E-state index is 0.109. The molecule has 3 rings (SSSR count). The first-order valence-electron chi connectivity index (χ1n) is 7.25. The van der Waals surface area contributed by atoms with Crippen LogP contribution in [0.3, 0.4) is 0 Å². The van der Waals surface area contributed by atoms with E-state index >= 15 is 0 Å². The largest absolute Gasteiger partial charge is 0.327 e. The van der Waals surface area contributed by atoms with Crippen LogP contribution >= 0.6 is 12.2 Å². The molecule has 1 N–H and O–H groups in total. The van der Waals surface area contributed by atoms with Gasteiger partial charge in [0.1, 0.15) is 17.3 Å². The minimum Gasteiger partial charge on any atom is -0.327 e. The first kappa shape index (κ1) is 16.3. The van der Waals surface area contributed by atoms with Crippen LogP contribution in [0.1, 0.15) is 16.7 Å². The third kappa shape index (κ3) is 3.05. The Hall–Kier alpha value is -2.60. The minimum atomic E-state index is -0.743. The SMILES string of the molecule is Cc1cc(C)cc(N2C(=O)/C(=C\c3ccc(F)cc3F)NC2=S)c1. The summed E-state index contributed by atoms with van der Waals surface area (Å²) < 4.78 is 26.8. The summed E-state index contributed by atoms with van der Waals surface area (Å²) in [7, 11) is 0. The van der Waals surface area contributed by atoms with E-state index in [9.17, 15) is 13.6 Å². The van der Waals surface area contributed by atoms with Crippen molar-refractivity contribution >= 4 is 35.0 Å². The summed E-state index contributed by atoms with van der Waals surface area (Å²) in [6, 6.07) is 8.86. The van der Waals surface area contributed by atoms with E-state index in [-0.39, 0.29) is 22.3 Å². The van der Waals surface area contributed by atoms with E-state index in [2.05, 4.69) is 5.32 Å². The van der Waals surface area contributed by atoms with Gasteiger partial charge in [-0.2, -0.15) is 0 Å². The summed E-state index contributed by atoms with van der Waals surface area (Å²) in [6.45, 7) is 3.86. The second-order valence-electron chi connectivity index (χ2n) is 5.64. The fourth-order valence-corrected chi connectivity index (χ4v) is 2.92. The molecule has 0 aliphatic carbocycles. The van der Waals surface area contributed by atoms with Crippen molar-refractivity contribution in [1.29, 1.82) is 0 Å². The van der Waals surface area contributed by atoms with Gasteiger partial charge in [-0.3, -0.25) is 9.69 Å². The molecular weight excluding hydrogens is 330 g/mol. The Morgan fingerprint density at radius 1 is 1.08 bits per heavy atom. The van der Waals surface area contributed by atoms with E-state index in [1.54, 1.807) is 0 Å². The molecule has 0 unspecified atom stereocenters. The average molecular weight is 344 g/mol. The van der Waals surface area contributed by atoms with Crippen LogP contribution in [-0.2, 0) is 4.79 Å². The number of carbonyl (C=O) groups is 1. The molecule has 0 radical (unpaired) electrons. The van der Waals surface area contributed by atoms with E-state index < -0.39 is 11.6 Å². The number of halogens is 2. The van der Waals surface area contributed by atoms with Crippen molar-refractivity contribution in [3.63, 3.8) is 0 Å². The van der Waals surface area contributed by atoms with Crippen LogP contribution in [0.25, 0.3) is 6.08 Å². The lowest BCUT2D eigenvalue weighted by Gasteiger charge is -2.15. The molecule has 1 aliphatic rings. The highest BCUT2D eigenvalue weighted by Crippen LogP contribution is 2.25. The Kier molecular flexibility index (Phi) is 4.15. The van der Waals surface area contributed by atoms with Crippen molar-refractivity contribution in [2.45, 2.75) is 13.8 Å². The molecule has 1 aliphatic heterocycles. The first-order chi connectivity index (χ1) is 11.3. The first-order valence-corrected chi connectivity index (χ1v) is 7.66. The number of hydrogen-bond donors (Lipinski definition) is 1. The van der Waals surface area contributed by atoms with Gasteiger partial charge in [0.25, 0.3) is 5.91 Å². The number of carbonyl (C=O) groups excluding carboxylic acids is 1. The second-order valence-corrected chi connectivity index (χ2v) is 6.03. The van der Waals surface area contributed by atoms with Gasteiger partial charge in [0.15, 0.2) is 5.11 Å². The van der Waals surface area contributed by atoms with Crippen LogP contribution < -0.4 is 10.2 Å². The van der Waals surface area contributed by atoms with Crippen molar-refractivity contribution in [2.24, 2.45) is 0 Å². The van der Waals surface area contributed by atoms with Gasteiger partial charge in [0, 0.05) is 11.6 Å². The number of amides is 1. The Bertz CT molecular complexity index is 872. The van der Waals surface area contributed by atoms with E-state index in [4.69, 9.17) is 12.2 Å². The number of hydrogen-bond acceptors (Lipinski definition) is 2. The number of aryl methyl sites for hydroxylation is 2. The highest BCUT2D eigenvalue weighted by molar-refractivity contribution is 7.80. The lowest BCUT2D eigenvalue weighted by Crippen LogP contribution is -2.30. The number of nitrogens with one attached hydrogen (secondary N) is 1. The molecule has 0 saturated carbocycles. The number of benzene rings is 2. The molecule has 3 nitrogen and oxygen atoms in total. The normalized spacial score (nSPS) is 16.0. The van der Waals surface area contributed by atoms with Crippen molar-refractivity contribution in [1.82, 2.24) is 5.32 Å². The molecule has 2 aromatic rings. The molecule has 0 spiro atoms. The van der Waals surface area contributed by atoms with Gasteiger partial charge in [-0.1, -0.05) is 6.07 Å². The van der Waals surface area contributed by atoms with Crippen LogP contribution in [0.5, 0.6) is 0 Å². The van der Waals surface area contributed by atoms with Gasteiger partial charge >= 0.3 is 0 Å². The number of anilines is 1. The third-order valence-electron chi connectivity index (χ3n) is 3.61. The maximum absolute atomic E-state index is 13.8. The lowest BCUT2D eigenvalue weighted by molar-refractivity contribution is -0.113. The Labute approximate surface area is 143 Å². The summed E-state index contributed by atoms with van der Waals surface area (Å²) in [4.78, 5) is 14.0. The topological polar surface area (TPSA) is 32.3 Å². The van der Waals surface area contributed by atoms with E-state index in [0.717, 1.165) is 23.3 Å². The monoisotopic (exact) mass is 344 g/mol. The third-order valence-corrected chi connectivity index (χ3v) is 3.89. The molecule has 1 heterocycles. The predicted octanol–water partition coefficient (Wildman–Crippen LogP) is 3.84. The molecule has 0 aromatic heterocycles. The van der Waals surface area contributed by atoms with Crippen LogP contribution in [0.2, 0.25) is 0 Å². The highest BCUT2D eigenvalue weighted by Gasteiger charge is 2.32. The number of rotatable bonds is 2. The Balaban J connectivity index is 1.98. The van der Waals surface area contributed by atoms with Gasteiger partial charge in [-0.05, 0) is 67.5 Å². The quantitative estimate of drug-likeness (QED) is 0.664. The Morgan fingerprint density at radius 3 is 2.38 bits per heavy atom. The van der Waals surface area contributed by atoms with E-state index in [1.807, 2.05) is 32.0 Å². The summed E-state index contributed by atoms with van der Waals surface area (Å²) >= 11 is 5.23. The molecule has 1 amide bonds. The van der Waals surface area contributed by atoms with Crippen LogP contribution in [-0.4, -0.2) is 11.0 Å². The molecule has 2 aromatic carbocycles. The summed E-state index contributed by atoms with van der Waals surface area (Å²) in [5.74, 6) is -1.80. The molecule has 0 bridgehead atoms. The van der Waals surface area contributed by atoms with Gasteiger partial charge < -0.3 is 5.32 Å². The fraction of sp³-hybridized carbons (Fsp3) is 0.111. The molecule has 122 valence electrons. The maximum atomic E-state index is 13.8. The molecular formula is C18H14F2N2OS. The van der Waals surface area contributed by atoms with Crippen molar-refractivity contribution < 1.29 is 13.6 Å². The molecule has 24 heavy (non-hydrogen) atoms. The lowest BCUT2D eigenvalue weighted by atomic mass is 10.1. The summed E-state index contributed by atoms with van der Waals surface area (Å²) in [5, 5.41) is 3.01. The van der Waals surface area contributed by atoms with Crippen molar-refractivity contribution in [2.75, 3.05) is 4.90 Å². The van der Waals surface area contributed by atoms with Crippen LogP contribution in [0.15, 0.2) is 42.1 Å². The predicted molar refractivity (Wildman–Crippen MR) is 93.5 cm³/mol. The number of thiocarbonyl (C=S) groups is 1. The average Bonchev–Trinajstić information content (AvgIpc) is 2.75. The van der Waals surface area contributed by atoms with Gasteiger partial charge in [0.2, 0.25) is 0 Å². The summed E-state index contributed by atoms with van der Waals surface area (Å²) in [6.07, 6.45) is 1.33. The van der Waals surface area contributed by atoms with E-state index in [0.29, 0.717) is 5.69 Å². The highest BCUT2D eigenvalue weighted by atomic mass is 32.1. The number of nitrogens with zero attached hydrogens (tertiary/aromatic N) is 1. The smallest absolute Gasteiger partial charge is 0.281 e. The zero-order valence-corrected chi connectivity index (χ0v) is 13.9. The fourth-order valence-electron chi connectivity index (χ4n) is 2.62. The second kappa shape index (κ2) is 6.13. The molecule has 0 atom stereocenters. The Morgan fingerprint density at radius 2 is 1.75 bits per heavy atom.